The van der Waals surface area contributed by atoms with Crippen molar-refractivity contribution in [3.05, 3.63) is 0 Å². The van der Waals surface area contributed by atoms with Crippen LogP contribution in [0.1, 0.15) is 46.5 Å². The van der Waals surface area contributed by atoms with Crippen molar-refractivity contribution < 1.29 is 5.11 Å². The minimum atomic E-state index is -0.235. The fourth-order valence-electron chi connectivity index (χ4n) is 2.86. The second-order valence-corrected chi connectivity index (χ2v) is 5.46. The summed E-state index contributed by atoms with van der Waals surface area (Å²) >= 11 is 0. The molecule has 1 saturated carbocycles. The summed E-state index contributed by atoms with van der Waals surface area (Å²) in [6.45, 7) is 6.97. The molecule has 0 aromatic rings. The van der Waals surface area contributed by atoms with Gasteiger partial charge in [0.2, 0.25) is 0 Å². The van der Waals surface area contributed by atoms with Crippen LogP contribution in [-0.2, 0) is 0 Å². The summed E-state index contributed by atoms with van der Waals surface area (Å²) in [4.78, 5) is 0. The van der Waals surface area contributed by atoms with Crippen molar-refractivity contribution in [2.45, 2.75) is 64.1 Å². The van der Waals surface area contributed by atoms with Gasteiger partial charge in [-0.1, -0.05) is 6.92 Å². The Bertz CT molecular complexity index is 196. The molecule has 0 heterocycles. The van der Waals surface area contributed by atoms with E-state index in [2.05, 4.69) is 19.2 Å². The van der Waals surface area contributed by atoms with Crippen LogP contribution in [0.4, 0.5) is 0 Å². The molecule has 0 bridgehead atoms. The maximum atomic E-state index is 9.33. The molecular formula is C12H26N2O. The van der Waals surface area contributed by atoms with Gasteiger partial charge in [0.25, 0.3) is 0 Å². The predicted octanol–water partition coefficient (Wildman–Crippen LogP) is 1.25. The fourth-order valence-corrected chi connectivity index (χ4v) is 2.86. The normalized spacial score (nSPS) is 35.4. The number of hydrogen-bond donors (Lipinski definition) is 3. The van der Waals surface area contributed by atoms with Crippen LogP contribution in [0.25, 0.3) is 0 Å². The van der Waals surface area contributed by atoms with E-state index in [4.69, 9.17) is 5.73 Å². The first kappa shape index (κ1) is 12.9. The molecule has 15 heavy (non-hydrogen) atoms. The summed E-state index contributed by atoms with van der Waals surface area (Å²) in [6, 6.07) is 0.346. The molecule has 1 fully saturated rings. The summed E-state index contributed by atoms with van der Waals surface area (Å²) in [5, 5.41) is 13.0. The monoisotopic (exact) mass is 214 g/mol. The maximum absolute atomic E-state index is 9.33. The Kier molecular flexibility index (Phi) is 4.56. The van der Waals surface area contributed by atoms with Crippen molar-refractivity contribution in [2.75, 3.05) is 6.54 Å². The predicted molar refractivity (Wildman–Crippen MR) is 63.7 cm³/mol. The highest BCUT2D eigenvalue weighted by molar-refractivity contribution is 4.97. The van der Waals surface area contributed by atoms with Gasteiger partial charge in [0.15, 0.2) is 0 Å². The van der Waals surface area contributed by atoms with Gasteiger partial charge in [0.05, 0.1) is 6.10 Å². The molecule has 0 aromatic carbocycles. The smallest absolute Gasteiger partial charge is 0.0526 e. The number of aliphatic hydroxyl groups is 1. The number of hydrogen-bond acceptors (Lipinski definition) is 3. The van der Waals surface area contributed by atoms with E-state index in [0.717, 1.165) is 12.3 Å². The molecule has 0 aromatic heterocycles. The van der Waals surface area contributed by atoms with Crippen molar-refractivity contribution >= 4 is 0 Å². The molecule has 4 atom stereocenters. The van der Waals surface area contributed by atoms with Crippen molar-refractivity contribution in [1.82, 2.24) is 5.32 Å². The van der Waals surface area contributed by atoms with Crippen molar-refractivity contribution in [3.63, 3.8) is 0 Å². The van der Waals surface area contributed by atoms with Crippen LogP contribution < -0.4 is 11.1 Å². The van der Waals surface area contributed by atoms with Gasteiger partial charge >= 0.3 is 0 Å². The lowest BCUT2D eigenvalue weighted by Gasteiger charge is -2.33. The number of nitrogens with one attached hydrogen (secondary N) is 1. The molecule has 1 rings (SSSR count). The Labute approximate surface area is 93.4 Å². The van der Waals surface area contributed by atoms with Gasteiger partial charge in [-0.15, -0.1) is 0 Å². The lowest BCUT2D eigenvalue weighted by atomic mass is 9.94. The summed E-state index contributed by atoms with van der Waals surface area (Å²) in [7, 11) is 0. The van der Waals surface area contributed by atoms with Crippen LogP contribution in [0, 0.1) is 5.92 Å². The fraction of sp³-hybridized carbons (Fsp3) is 1.00. The second-order valence-electron chi connectivity index (χ2n) is 5.46. The quantitative estimate of drug-likeness (QED) is 0.645. The molecule has 4 N–H and O–H groups in total. The van der Waals surface area contributed by atoms with Crippen LogP contribution in [0.5, 0.6) is 0 Å². The zero-order valence-corrected chi connectivity index (χ0v) is 10.3. The largest absolute Gasteiger partial charge is 0.393 e. The Balaban J connectivity index is 2.46. The molecule has 3 heteroatoms. The van der Waals surface area contributed by atoms with E-state index in [9.17, 15) is 5.11 Å². The van der Waals surface area contributed by atoms with E-state index in [1.165, 1.54) is 19.3 Å². The van der Waals surface area contributed by atoms with Gasteiger partial charge < -0.3 is 16.2 Å². The molecular weight excluding hydrogens is 188 g/mol. The van der Waals surface area contributed by atoms with Gasteiger partial charge in [0, 0.05) is 18.1 Å². The zero-order chi connectivity index (χ0) is 11.5. The average Bonchev–Trinajstić information content (AvgIpc) is 2.46. The average molecular weight is 214 g/mol. The van der Waals surface area contributed by atoms with Crippen LogP contribution >= 0.6 is 0 Å². The van der Waals surface area contributed by atoms with Gasteiger partial charge in [-0.2, -0.15) is 0 Å². The molecule has 1 aliphatic rings. The first-order valence-corrected chi connectivity index (χ1v) is 6.13. The molecule has 0 saturated heterocycles. The molecule has 0 amide bonds. The molecule has 3 nitrogen and oxygen atoms in total. The molecule has 1 aliphatic carbocycles. The molecule has 0 spiro atoms. The van der Waals surface area contributed by atoms with Crippen molar-refractivity contribution in [3.8, 4) is 0 Å². The topological polar surface area (TPSA) is 58.3 Å². The molecule has 0 aliphatic heterocycles. The second kappa shape index (κ2) is 5.28. The van der Waals surface area contributed by atoms with Crippen LogP contribution in [0.15, 0.2) is 0 Å². The third-order valence-electron chi connectivity index (χ3n) is 3.49. The Morgan fingerprint density at radius 2 is 2.20 bits per heavy atom. The van der Waals surface area contributed by atoms with Gasteiger partial charge in [-0.25, -0.2) is 0 Å². The highest BCUT2D eigenvalue weighted by atomic mass is 16.3. The highest BCUT2D eigenvalue weighted by Gasteiger charge is 2.36. The van der Waals surface area contributed by atoms with Crippen LogP contribution in [-0.4, -0.2) is 29.3 Å². The van der Waals surface area contributed by atoms with Crippen molar-refractivity contribution in [2.24, 2.45) is 11.7 Å². The van der Waals surface area contributed by atoms with E-state index in [1.807, 2.05) is 6.92 Å². The summed E-state index contributed by atoms with van der Waals surface area (Å²) in [5.41, 5.74) is 6.02. The number of rotatable bonds is 5. The van der Waals surface area contributed by atoms with E-state index >= 15 is 0 Å². The maximum Gasteiger partial charge on any atom is 0.0526 e. The first-order chi connectivity index (χ1) is 6.97. The van der Waals surface area contributed by atoms with E-state index in [0.29, 0.717) is 12.6 Å². The minimum absolute atomic E-state index is 0.133. The summed E-state index contributed by atoms with van der Waals surface area (Å²) < 4.78 is 0. The highest BCUT2D eigenvalue weighted by Crippen LogP contribution is 2.34. The molecule has 4 unspecified atom stereocenters. The summed E-state index contributed by atoms with van der Waals surface area (Å²) in [6.07, 6.45) is 4.19. The summed E-state index contributed by atoms with van der Waals surface area (Å²) in [5.74, 6) is 0.778. The van der Waals surface area contributed by atoms with Gasteiger partial charge in [0.1, 0.15) is 0 Å². The molecule has 90 valence electrons. The van der Waals surface area contributed by atoms with Crippen LogP contribution in [0.2, 0.25) is 0 Å². The van der Waals surface area contributed by atoms with Crippen molar-refractivity contribution in [1.29, 1.82) is 0 Å². The van der Waals surface area contributed by atoms with Gasteiger partial charge in [-0.3, -0.25) is 0 Å². The van der Waals surface area contributed by atoms with E-state index in [-0.39, 0.29) is 11.6 Å². The minimum Gasteiger partial charge on any atom is -0.393 e. The third kappa shape index (κ3) is 3.74. The zero-order valence-electron chi connectivity index (χ0n) is 10.3. The first-order valence-electron chi connectivity index (χ1n) is 6.13. The van der Waals surface area contributed by atoms with E-state index < -0.39 is 0 Å². The standard InChI is InChI=1S/C12H26N2O/c1-9-4-5-12(7-9,8-13)14-10(2)6-11(3)15/h9-11,14-15H,4-8,13H2,1-3H3. The van der Waals surface area contributed by atoms with Crippen LogP contribution in [0.3, 0.4) is 0 Å². The lowest BCUT2D eigenvalue weighted by Crippen LogP contribution is -2.53. The lowest BCUT2D eigenvalue weighted by molar-refractivity contribution is 0.159. The SMILES string of the molecule is CC(O)CC(C)NC1(CN)CCC(C)C1. The number of aliphatic hydroxyl groups excluding tert-OH is 1. The Morgan fingerprint density at radius 3 is 2.60 bits per heavy atom. The molecule has 0 radical (unpaired) electrons. The Hall–Kier alpha value is -0.120. The number of nitrogens with two attached hydrogens (primary N) is 1. The Morgan fingerprint density at radius 1 is 1.53 bits per heavy atom. The van der Waals surface area contributed by atoms with E-state index in [1.54, 1.807) is 0 Å². The third-order valence-corrected chi connectivity index (χ3v) is 3.49. The van der Waals surface area contributed by atoms with Gasteiger partial charge in [-0.05, 0) is 45.4 Å².